The predicted molar refractivity (Wildman–Crippen MR) is 73.7 cm³/mol. The molecular formula is C15H19F2NO3. The highest BCUT2D eigenvalue weighted by Crippen LogP contribution is 2.12. The Morgan fingerprint density at radius 3 is 2.52 bits per heavy atom. The van der Waals surface area contributed by atoms with Gasteiger partial charge in [0.2, 0.25) is 5.91 Å². The minimum absolute atomic E-state index is 0.0173. The third-order valence-corrected chi connectivity index (χ3v) is 2.97. The van der Waals surface area contributed by atoms with E-state index in [1.807, 2.05) is 13.8 Å². The molecule has 0 unspecified atom stereocenters. The molecule has 0 saturated carbocycles. The third kappa shape index (κ3) is 5.89. The van der Waals surface area contributed by atoms with Crippen molar-refractivity contribution < 1.29 is 23.5 Å². The number of carbonyl (C=O) groups excluding carboxylic acids is 1. The molecule has 1 rings (SSSR count). The Hall–Kier alpha value is -1.98. The maximum atomic E-state index is 13.4. The topological polar surface area (TPSA) is 66.4 Å². The van der Waals surface area contributed by atoms with Crippen LogP contribution in [0.25, 0.3) is 0 Å². The van der Waals surface area contributed by atoms with E-state index >= 15 is 0 Å². The average Bonchev–Trinajstić information content (AvgIpc) is 2.38. The molecule has 2 N–H and O–H groups in total. The summed E-state index contributed by atoms with van der Waals surface area (Å²) in [5, 5.41) is 11.4. The number of hydrogen-bond acceptors (Lipinski definition) is 2. The molecule has 1 atom stereocenters. The molecule has 0 spiro atoms. The molecule has 0 aliphatic carbocycles. The summed E-state index contributed by atoms with van der Waals surface area (Å²) in [5.74, 6) is -2.64. The number of benzene rings is 1. The lowest BCUT2D eigenvalue weighted by Gasteiger charge is -2.16. The molecule has 0 bridgehead atoms. The molecule has 0 radical (unpaired) electrons. The van der Waals surface area contributed by atoms with Crippen molar-refractivity contribution in [3.8, 4) is 0 Å². The van der Waals surface area contributed by atoms with Gasteiger partial charge in [-0.2, -0.15) is 0 Å². The average molecular weight is 299 g/mol. The summed E-state index contributed by atoms with van der Waals surface area (Å²) >= 11 is 0. The van der Waals surface area contributed by atoms with Crippen LogP contribution in [0.2, 0.25) is 0 Å². The number of aryl methyl sites for hydroxylation is 1. The Labute approximate surface area is 122 Å². The zero-order valence-electron chi connectivity index (χ0n) is 12.0. The zero-order valence-corrected chi connectivity index (χ0v) is 12.0. The fourth-order valence-electron chi connectivity index (χ4n) is 1.94. The second-order valence-electron chi connectivity index (χ2n) is 5.32. The highest BCUT2D eigenvalue weighted by atomic mass is 19.1. The number of nitrogens with one attached hydrogen (secondary N) is 1. The van der Waals surface area contributed by atoms with Gasteiger partial charge in [0.25, 0.3) is 0 Å². The first-order valence-electron chi connectivity index (χ1n) is 6.75. The van der Waals surface area contributed by atoms with Gasteiger partial charge < -0.3 is 10.4 Å². The molecule has 1 aromatic carbocycles. The van der Waals surface area contributed by atoms with Crippen molar-refractivity contribution in [3.05, 3.63) is 35.4 Å². The maximum absolute atomic E-state index is 13.4. The van der Waals surface area contributed by atoms with Crippen LogP contribution >= 0.6 is 0 Å². The van der Waals surface area contributed by atoms with Gasteiger partial charge in [-0.3, -0.25) is 4.79 Å². The Kier molecular flexibility index (Phi) is 6.27. The highest BCUT2D eigenvalue weighted by molar-refractivity contribution is 5.83. The van der Waals surface area contributed by atoms with Crippen LogP contribution in [0.15, 0.2) is 18.2 Å². The van der Waals surface area contributed by atoms with Crippen LogP contribution in [-0.4, -0.2) is 23.0 Å². The number of carboxylic acid groups (broad SMARTS) is 1. The van der Waals surface area contributed by atoms with Crippen LogP contribution in [-0.2, 0) is 16.0 Å². The number of amides is 1. The lowest BCUT2D eigenvalue weighted by atomic mass is 10.0. The normalized spacial score (nSPS) is 12.2. The van der Waals surface area contributed by atoms with Crippen LogP contribution in [0.4, 0.5) is 8.78 Å². The van der Waals surface area contributed by atoms with Gasteiger partial charge in [-0.05, 0) is 42.5 Å². The fourth-order valence-corrected chi connectivity index (χ4v) is 1.94. The lowest BCUT2D eigenvalue weighted by Crippen LogP contribution is -2.41. The monoisotopic (exact) mass is 299 g/mol. The van der Waals surface area contributed by atoms with Crippen LogP contribution in [0, 0.1) is 17.6 Å². The van der Waals surface area contributed by atoms with Gasteiger partial charge >= 0.3 is 5.97 Å². The Morgan fingerprint density at radius 2 is 1.95 bits per heavy atom. The second kappa shape index (κ2) is 7.71. The summed E-state index contributed by atoms with van der Waals surface area (Å²) in [6, 6.07) is 2.07. The van der Waals surface area contributed by atoms with Crippen LogP contribution in [0.1, 0.15) is 32.3 Å². The summed E-state index contributed by atoms with van der Waals surface area (Å²) < 4.78 is 26.4. The van der Waals surface area contributed by atoms with Gasteiger partial charge in [0.1, 0.15) is 17.7 Å². The van der Waals surface area contributed by atoms with Crippen LogP contribution in [0.5, 0.6) is 0 Å². The van der Waals surface area contributed by atoms with Gasteiger partial charge in [-0.25, -0.2) is 13.6 Å². The third-order valence-electron chi connectivity index (χ3n) is 2.97. The predicted octanol–water partition coefficient (Wildman–Crippen LogP) is 2.51. The molecule has 0 aliphatic rings. The Balaban J connectivity index is 2.56. The number of carboxylic acids is 1. The molecule has 1 amide bonds. The zero-order chi connectivity index (χ0) is 16.0. The van der Waals surface area contributed by atoms with Crippen molar-refractivity contribution in [2.24, 2.45) is 5.92 Å². The number of rotatable bonds is 7. The SMILES string of the molecule is CC(C)C[C@H](NC(=O)CCc1cc(F)ccc1F)C(=O)O. The van der Waals surface area contributed by atoms with Gasteiger partial charge in [0.05, 0.1) is 0 Å². The molecule has 0 saturated heterocycles. The number of halogens is 2. The van der Waals surface area contributed by atoms with Crippen molar-refractivity contribution in [3.63, 3.8) is 0 Å². The van der Waals surface area contributed by atoms with E-state index in [0.29, 0.717) is 6.42 Å². The first kappa shape index (κ1) is 17.1. The minimum Gasteiger partial charge on any atom is -0.480 e. The molecule has 0 heterocycles. The van der Waals surface area contributed by atoms with Crippen molar-refractivity contribution >= 4 is 11.9 Å². The number of aliphatic carboxylic acids is 1. The van der Waals surface area contributed by atoms with Gasteiger partial charge in [0.15, 0.2) is 0 Å². The van der Waals surface area contributed by atoms with Gasteiger partial charge in [-0.1, -0.05) is 13.8 Å². The van der Waals surface area contributed by atoms with Crippen molar-refractivity contribution in [2.75, 3.05) is 0 Å². The maximum Gasteiger partial charge on any atom is 0.326 e. The van der Waals surface area contributed by atoms with E-state index in [9.17, 15) is 18.4 Å². The lowest BCUT2D eigenvalue weighted by molar-refractivity contribution is -0.142. The van der Waals surface area contributed by atoms with E-state index < -0.39 is 29.6 Å². The van der Waals surface area contributed by atoms with Crippen molar-refractivity contribution in [1.82, 2.24) is 5.32 Å². The van der Waals surface area contributed by atoms with E-state index in [1.165, 1.54) is 0 Å². The Bertz CT molecular complexity index is 518. The quantitative estimate of drug-likeness (QED) is 0.813. The summed E-state index contributed by atoms with van der Waals surface area (Å²) in [7, 11) is 0. The Morgan fingerprint density at radius 1 is 1.29 bits per heavy atom. The standard InChI is InChI=1S/C15H19F2NO3/c1-9(2)7-13(15(20)21)18-14(19)6-3-10-8-11(16)4-5-12(10)17/h4-5,8-9,13H,3,6-7H2,1-2H3,(H,18,19)(H,20,21)/t13-/m0/s1. The number of hydrogen-bond donors (Lipinski definition) is 2. The van der Waals surface area contributed by atoms with Crippen molar-refractivity contribution in [2.45, 2.75) is 39.2 Å². The van der Waals surface area contributed by atoms with Crippen LogP contribution in [0.3, 0.4) is 0 Å². The summed E-state index contributed by atoms with van der Waals surface area (Å²) in [4.78, 5) is 22.7. The van der Waals surface area contributed by atoms with E-state index in [-0.39, 0.29) is 24.3 Å². The smallest absolute Gasteiger partial charge is 0.326 e. The van der Waals surface area contributed by atoms with E-state index in [0.717, 1.165) is 18.2 Å². The molecular weight excluding hydrogens is 280 g/mol. The van der Waals surface area contributed by atoms with E-state index in [2.05, 4.69) is 5.32 Å². The molecule has 0 aromatic heterocycles. The molecule has 21 heavy (non-hydrogen) atoms. The minimum atomic E-state index is -1.10. The largest absolute Gasteiger partial charge is 0.480 e. The van der Waals surface area contributed by atoms with Crippen LogP contribution < -0.4 is 5.32 Å². The second-order valence-corrected chi connectivity index (χ2v) is 5.32. The summed E-state index contributed by atoms with van der Waals surface area (Å²) in [6.45, 7) is 3.70. The van der Waals surface area contributed by atoms with Gasteiger partial charge in [-0.15, -0.1) is 0 Å². The van der Waals surface area contributed by atoms with Gasteiger partial charge in [0, 0.05) is 6.42 Å². The molecule has 1 aromatic rings. The molecule has 0 fully saturated rings. The summed E-state index contributed by atoms with van der Waals surface area (Å²) in [6.07, 6.45) is 0.237. The van der Waals surface area contributed by atoms with E-state index in [4.69, 9.17) is 5.11 Å². The highest BCUT2D eigenvalue weighted by Gasteiger charge is 2.21. The van der Waals surface area contributed by atoms with Crippen molar-refractivity contribution in [1.29, 1.82) is 0 Å². The first-order chi connectivity index (χ1) is 9.79. The number of carbonyl (C=O) groups is 2. The first-order valence-corrected chi connectivity index (χ1v) is 6.75. The molecule has 6 heteroatoms. The fraction of sp³-hybridized carbons (Fsp3) is 0.467. The molecule has 116 valence electrons. The van der Waals surface area contributed by atoms with E-state index in [1.54, 1.807) is 0 Å². The summed E-state index contributed by atoms with van der Waals surface area (Å²) in [5.41, 5.74) is 0.0980. The molecule has 4 nitrogen and oxygen atoms in total. The molecule has 0 aliphatic heterocycles.